The van der Waals surface area contributed by atoms with Gasteiger partial charge in [0.2, 0.25) is 0 Å². The molecule has 2 aromatic rings. The number of thiazole rings is 1. The fourth-order valence-electron chi connectivity index (χ4n) is 2.52. The first-order valence-electron chi connectivity index (χ1n) is 7.05. The molecule has 3 nitrogen and oxygen atoms in total. The van der Waals surface area contributed by atoms with Crippen LogP contribution in [0.3, 0.4) is 0 Å². The molecular weight excluding hydrogens is 288 g/mol. The Morgan fingerprint density at radius 1 is 1.25 bits per heavy atom. The zero-order valence-corrected chi connectivity index (χ0v) is 13.2. The number of aryl methyl sites for hydroxylation is 1. The second-order valence-corrected chi connectivity index (χ2v) is 6.93. The van der Waals surface area contributed by atoms with Gasteiger partial charge < -0.3 is 4.90 Å². The Balaban J connectivity index is 1.84. The molecule has 0 atom stereocenters. The van der Waals surface area contributed by atoms with Gasteiger partial charge in [0.1, 0.15) is 9.88 Å². The minimum absolute atomic E-state index is 0.170. The lowest BCUT2D eigenvalue weighted by Gasteiger charge is -2.19. The summed E-state index contributed by atoms with van der Waals surface area (Å²) in [7, 11) is 0. The Morgan fingerprint density at radius 2 is 2.00 bits per heavy atom. The van der Waals surface area contributed by atoms with Crippen molar-refractivity contribution in [2.45, 2.75) is 32.6 Å². The summed E-state index contributed by atoms with van der Waals surface area (Å²) in [5.41, 5.74) is 1.99. The lowest BCUT2D eigenvalue weighted by Crippen LogP contribution is -2.31. The molecule has 1 aliphatic rings. The number of carbonyl (C=O) groups excluding carboxylic acids is 1. The number of thiophene rings is 1. The summed E-state index contributed by atoms with van der Waals surface area (Å²) in [4.78, 5) is 20.0. The monoisotopic (exact) mass is 306 g/mol. The van der Waals surface area contributed by atoms with E-state index in [0.29, 0.717) is 0 Å². The fourth-order valence-corrected chi connectivity index (χ4v) is 4.27. The number of nitrogens with zero attached hydrogens (tertiary/aromatic N) is 2. The molecule has 1 amide bonds. The molecular formula is C15H18N2OS2. The van der Waals surface area contributed by atoms with Gasteiger partial charge in [-0.1, -0.05) is 12.8 Å². The molecule has 5 heteroatoms. The average molecular weight is 306 g/mol. The van der Waals surface area contributed by atoms with Crippen molar-refractivity contribution >= 4 is 28.6 Å². The van der Waals surface area contributed by atoms with Gasteiger partial charge in [-0.15, -0.1) is 11.3 Å². The van der Waals surface area contributed by atoms with Gasteiger partial charge in [-0.25, -0.2) is 4.98 Å². The van der Waals surface area contributed by atoms with Gasteiger partial charge >= 0.3 is 0 Å². The van der Waals surface area contributed by atoms with Crippen molar-refractivity contribution in [1.29, 1.82) is 0 Å². The Kier molecular flexibility index (Phi) is 4.17. The normalized spacial score (nSPS) is 16.1. The molecule has 106 valence electrons. The van der Waals surface area contributed by atoms with E-state index in [9.17, 15) is 4.79 Å². The van der Waals surface area contributed by atoms with Crippen LogP contribution in [-0.4, -0.2) is 28.9 Å². The Morgan fingerprint density at radius 3 is 2.65 bits per heavy atom. The topological polar surface area (TPSA) is 33.2 Å². The Labute approximate surface area is 127 Å². The minimum atomic E-state index is 0.170. The van der Waals surface area contributed by atoms with E-state index in [-0.39, 0.29) is 5.91 Å². The van der Waals surface area contributed by atoms with E-state index >= 15 is 0 Å². The van der Waals surface area contributed by atoms with Crippen molar-refractivity contribution in [3.63, 3.8) is 0 Å². The van der Waals surface area contributed by atoms with Crippen LogP contribution in [0.5, 0.6) is 0 Å². The van der Waals surface area contributed by atoms with Crippen LogP contribution in [-0.2, 0) is 0 Å². The number of likely N-dealkylation sites (tertiary alicyclic amines) is 1. The first kappa shape index (κ1) is 13.8. The number of aromatic nitrogens is 1. The van der Waals surface area contributed by atoms with E-state index in [1.165, 1.54) is 24.2 Å². The third kappa shape index (κ3) is 2.79. The van der Waals surface area contributed by atoms with E-state index in [0.717, 1.165) is 47.1 Å². The number of hydrogen-bond donors (Lipinski definition) is 0. The molecule has 20 heavy (non-hydrogen) atoms. The standard InChI is InChI=1S/C15H18N2OS2/c1-11-13(15(18)17-7-4-2-3-5-8-17)20-14(16-11)12-6-9-19-10-12/h6,9-10H,2-5,7-8H2,1H3. The van der Waals surface area contributed by atoms with Gasteiger partial charge in [0.05, 0.1) is 5.69 Å². The highest BCUT2D eigenvalue weighted by Crippen LogP contribution is 2.30. The van der Waals surface area contributed by atoms with Gasteiger partial charge in [0.25, 0.3) is 5.91 Å². The van der Waals surface area contributed by atoms with Crippen molar-refractivity contribution in [2.24, 2.45) is 0 Å². The molecule has 1 saturated heterocycles. The van der Waals surface area contributed by atoms with E-state index in [4.69, 9.17) is 0 Å². The predicted octanol–water partition coefficient (Wildman–Crippen LogP) is 4.20. The second kappa shape index (κ2) is 6.06. The molecule has 0 radical (unpaired) electrons. The third-order valence-corrected chi connectivity index (χ3v) is 5.53. The highest BCUT2D eigenvalue weighted by atomic mass is 32.1. The van der Waals surface area contributed by atoms with Crippen LogP contribution in [0.4, 0.5) is 0 Å². The second-order valence-electron chi connectivity index (χ2n) is 5.15. The number of rotatable bonds is 2. The van der Waals surface area contributed by atoms with Gasteiger partial charge in [-0.2, -0.15) is 11.3 Å². The summed E-state index contributed by atoms with van der Waals surface area (Å²) >= 11 is 3.19. The van der Waals surface area contributed by atoms with Gasteiger partial charge in [0.15, 0.2) is 0 Å². The van der Waals surface area contributed by atoms with E-state index < -0.39 is 0 Å². The number of hydrogen-bond acceptors (Lipinski definition) is 4. The lowest BCUT2D eigenvalue weighted by atomic mass is 10.2. The number of carbonyl (C=O) groups is 1. The van der Waals surface area contributed by atoms with E-state index in [1.807, 2.05) is 17.2 Å². The average Bonchev–Trinajstić information content (AvgIpc) is 3.01. The van der Waals surface area contributed by atoms with Crippen LogP contribution < -0.4 is 0 Å². The van der Waals surface area contributed by atoms with Crippen LogP contribution in [0, 0.1) is 6.92 Å². The van der Waals surface area contributed by atoms with Crippen molar-refractivity contribution in [1.82, 2.24) is 9.88 Å². The molecule has 0 unspecified atom stereocenters. The molecule has 1 fully saturated rings. The summed E-state index contributed by atoms with van der Waals surface area (Å²) in [6.45, 7) is 3.73. The molecule has 2 aromatic heterocycles. The molecule has 0 saturated carbocycles. The fraction of sp³-hybridized carbons (Fsp3) is 0.467. The largest absolute Gasteiger partial charge is 0.338 e. The molecule has 0 aromatic carbocycles. The number of amides is 1. The maximum Gasteiger partial charge on any atom is 0.265 e. The zero-order valence-electron chi connectivity index (χ0n) is 11.6. The molecule has 1 aliphatic heterocycles. The SMILES string of the molecule is Cc1nc(-c2ccsc2)sc1C(=O)N1CCCCCC1. The summed E-state index contributed by atoms with van der Waals surface area (Å²) in [5.74, 6) is 0.170. The van der Waals surface area contributed by atoms with Crippen molar-refractivity contribution in [3.8, 4) is 10.6 Å². The maximum atomic E-state index is 12.7. The van der Waals surface area contributed by atoms with Gasteiger partial charge in [0, 0.05) is 24.0 Å². The Hall–Kier alpha value is -1.20. The summed E-state index contributed by atoms with van der Waals surface area (Å²) < 4.78 is 0. The zero-order chi connectivity index (χ0) is 13.9. The van der Waals surface area contributed by atoms with Crippen LogP contribution in [0.1, 0.15) is 41.0 Å². The van der Waals surface area contributed by atoms with Crippen molar-refractivity contribution in [3.05, 3.63) is 27.4 Å². The predicted molar refractivity (Wildman–Crippen MR) is 84.5 cm³/mol. The van der Waals surface area contributed by atoms with E-state index in [1.54, 1.807) is 11.3 Å². The van der Waals surface area contributed by atoms with E-state index in [2.05, 4.69) is 16.4 Å². The minimum Gasteiger partial charge on any atom is -0.338 e. The molecule has 0 spiro atoms. The smallest absolute Gasteiger partial charge is 0.265 e. The highest BCUT2D eigenvalue weighted by Gasteiger charge is 2.22. The molecule has 3 heterocycles. The lowest BCUT2D eigenvalue weighted by molar-refractivity contribution is 0.0765. The van der Waals surface area contributed by atoms with Crippen molar-refractivity contribution < 1.29 is 4.79 Å². The van der Waals surface area contributed by atoms with Crippen LogP contribution in [0.2, 0.25) is 0 Å². The third-order valence-electron chi connectivity index (χ3n) is 3.65. The van der Waals surface area contributed by atoms with Crippen LogP contribution >= 0.6 is 22.7 Å². The first-order chi connectivity index (χ1) is 9.75. The maximum absolute atomic E-state index is 12.7. The molecule has 0 aliphatic carbocycles. The summed E-state index contributed by atoms with van der Waals surface area (Å²) in [5, 5.41) is 5.09. The van der Waals surface area contributed by atoms with Crippen molar-refractivity contribution in [2.75, 3.05) is 13.1 Å². The first-order valence-corrected chi connectivity index (χ1v) is 8.81. The molecule has 0 bridgehead atoms. The summed E-state index contributed by atoms with van der Waals surface area (Å²) in [6, 6.07) is 2.06. The van der Waals surface area contributed by atoms with Crippen LogP contribution in [0.15, 0.2) is 16.8 Å². The molecule has 0 N–H and O–H groups in total. The molecule has 3 rings (SSSR count). The van der Waals surface area contributed by atoms with Crippen LogP contribution in [0.25, 0.3) is 10.6 Å². The quantitative estimate of drug-likeness (QED) is 0.833. The van der Waals surface area contributed by atoms with Gasteiger partial charge in [-0.05, 0) is 31.2 Å². The summed E-state index contributed by atoms with van der Waals surface area (Å²) in [6.07, 6.45) is 4.74. The van der Waals surface area contributed by atoms with Gasteiger partial charge in [-0.3, -0.25) is 4.79 Å². The Bertz CT molecular complexity index is 581. The highest BCUT2D eigenvalue weighted by molar-refractivity contribution is 7.17.